The van der Waals surface area contributed by atoms with Crippen molar-refractivity contribution in [2.24, 2.45) is 0 Å². The number of furan rings is 1. The van der Waals surface area contributed by atoms with Gasteiger partial charge in [-0.05, 0) is 63.1 Å². The Morgan fingerprint density at radius 1 is 1.15 bits per heavy atom. The van der Waals surface area contributed by atoms with Crippen LogP contribution in [0.15, 0.2) is 47.1 Å². The number of Topliss-reactive ketones (excluding diaryl/α,β-unsaturated/α-hetero) is 1. The average Bonchev–Trinajstić information content (AvgIpc) is 3.43. The molecule has 0 N–H and O–H groups in total. The molecule has 0 saturated heterocycles. The number of amides is 1. The van der Waals surface area contributed by atoms with Crippen LogP contribution in [0.5, 0.6) is 0 Å². The van der Waals surface area contributed by atoms with Gasteiger partial charge in [-0.3, -0.25) is 9.59 Å². The lowest BCUT2D eigenvalue weighted by Gasteiger charge is -2.28. The highest BCUT2D eigenvalue weighted by molar-refractivity contribution is 6.07. The van der Waals surface area contributed by atoms with Crippen molar-refractivity contribution in [2.75, 3.05) is 7.11 Å². The van der Waals surface area contributed by atoms with Gasteiger partial charge < -0.3 is 18.6 Å². The third kappa shape index (κ3) is 4.60. The van der Waals surface area contributed by atoms with E-state index in [1.165, 1.54) is 36.5 Å². The van der Waals surface area contributed by atoms with Gasteiger partial charge in [-0.1, -0.05) is 12.1 Å². The molecule has 2 aromatic heterocycles. The molecule has 0 aliphatic heterocycles. The lowest BCUT2D eigenvalue weighted by Crippen LogP contribution is -2.43. The summed E-state index contributed by atoms with van der Waals surface area (Å²) in [7, 11) is 1.29. The summed E-state index contributed by atoms with van der Waals surface area (Å²) in [6.07, 6.45) is 1.38. The topological polar surface area (TPSA) is 81.8 Å². The zero-order valence-electron chi connectivity index (χ0n) is 19.3. The van der Waals surface area contributed by atoms with Crippen molar-refractivity contribution in [2.45, 2.75) is 46.8 Å². The van der Waals surface area contributed by atoms with Crippen LogP contribution in [0.3, 0.4) is 0 Å². The van der Waals surface area contributed by atoms with Crippen molar-refractivity contribution < 1.29 is 27.9 Å². The molecule has 1 amide bonds. The molecule has 2 heterocycles. The highest BCUT2D eigenvalue weighted by atomic mass is 19.1. The summed E-state index contributed by atoms with van der Waals surface area (Å²) in [6, 6.07) is 7.96. The van der Waals surface area contributed by atoms with Crippen LogP contribution in [-0.4, -0.2) is 40.3 Å². The van der Waals surface area contributed by atoms with Crippen LogP contribution in [0.25, 0.3) is 0 Å². The number of ether oxygens (including phenoxy) is 1. The second-order valence-electron chi connectivity index (χ2n) is 7.75. The van der Waals surface area contributed by atoms with Gasteiger partial charge in [0.05, 0.1) is 19.4 Å². The molecule has 0 saturated carbocycles. The van der Waals surface area contributed by atoms with Crippen LogP contribution in [0.4, 0.5) is 4.39 Å². The van der Waals surface area contributed by atoms with E-state index in [1.54, 1.807) is 43.5 Å². The first kappa shape index (κ1) is 24.0. The standard InChI is InChI=1S/C25H27FN2O5/c1-6-27-16(3)21(15(2)22(27)25(31)32-5)23(29)17(4)28(24(30)20-8-7-13-33-20)14-18-9-11-19(26)12-10-18/h7-13,17H,6,14H2,1-5H3/t17-/m1/s1. The highest BCUT2D eigenvalue weighted by Gasteiger charge is 2.34. The average molecular weight is 454 g/mol. The normalized spacial score (nSPS) is 11.8. The molecule has 174 valence electrons. The summed E-state index contributed by atoms with van der Waals surface area (Å²) >= 11 is 0. The smallest absolute Gasteiger partial charge is 0.354 e. The van der Waals surface area contributed by atoms with Gasteiger partial charge in [0.25, 0.3) is 5.91 Å². The molecule has 0 unspecified atom stereocenters. The lowest BCUT2D eigenvalue weighted by atomic mass is 9.99. The predicted octanol–water partition coefficient (Wildman–Crippen LogP) is 4.56. The van der Waals surface area contributed by atoms with Crippen molar-refractivity contribution in [1.82, 2.24) is 9.47 Å². The maximum absolute atomic E-state index is 13.7. The Labute approximate surface area is 191 Å². The first-order valence-electron chi connectivity index (χ1n) is 10.6. The van der Waals surface area contributed by atoms with E-state index in [0.717, 1.165) is 0 Å². The fourth-order valence-corrected chi connectivity index (χ4v) is 4.08. The SMILES string of the molecule is CCn1c(C)c(C(=O)[C@@H](C)N(Cc2ccc(F)cc2)C(=O)c2ccco2)c(C)c1C(=O)OC. The number of rotatable bonds is 8. The summed E-state index contributed by atoms with van der Waals surface area (Å²) in [4.78, 5) is 40.7. The highest BCUT2D eigenvalue weighted by Crippen LogP contribution is 2.27. The number of esters is 1. The largest absolute Gasteiger partial charge is 0.464 e. The second-order valence-corrected chi connectivity index (χ2v) is 7.75. The van der Waals surface area contributed by atoms with Gasteiger partial charge in [-0.25, -0.2) is 9.18 Å². The third-order valence-electron chi connectivity index (χ3n) is 5.81. The summed E-state index contributed by atoms with van der Waals surface area (Å²) in [5.41, 5.74) is 2.48. The maximum Gasteiger partial charge on any atom is 0.354 e. The van der Waals surface area contributed by atoms with Crippen LogP contribution in [0.2, 0.25) is 0 Å². The maximum atomic E-state index is 13.7. The lowest BCUT2D eigenvalue weighted by molar-refractivity contribution is 0.0582. The number of hydrogen-bond acceptors (Lipinski definition) is 5. The van der Waals surface area contributed by atoms with E-state index >= 15 is 0 Å². The molecule has 0 bridgehead atoms. The van der Waals surface area contributed by atoms with Gasteiger partial charge in [-0.2, -0.15) is 0 Å². The number of ketones is 1. The zero-order valence-corrected chi connectivity index (χ0v) is 19.3. The van der Waals surface area contributed by atoms with Gasteiger partial charge in [0, 0.05) is 24.3 Å². The monoisotopic (exact) mass is 454 g/mol. The molecule has 0 radical (unpaired) electrons. The van der Waals surface area contributed by atoms with E-state index in [0.29, 0.717) is 34.6 Å². The second kappa shape index (κ2) is 9.85. The molecule has 3 aromatic rings. The Morgan fingerprint density at radius 2 is 1.82 bits per heavy atom. The van der Waals surface area contributed by atoms with E-state index < -0.39 is 23.7 Å². The van der Waals surface area contributed by atoms with Crippen LogP contribution in [0.1, 0.15) is 62.1 Å². The molecule has 0 fully saturated rings. The Balaban J connectivity index is 2.04. The number of carbonyl (C=O) groups excluding carboxylic acids is 3. The van der Waals surface area contributed by atoms with Gasteiger partial charge in [-0.15, -0.1) is 0 Å². The first-order valence-corrected chi connectivity index (χ1v) is 10.6. The quantitative estimate of drug-likeness (QED) is 0.368. The number of aromatic nitrogens is 1. The molecule has 3 rings (SSSR count). The molecule has 1 atom stereocenters. The van der Waals surface area contributed by atoms with Gasteiger partial charge in [0.15, 0.2) is 11.5 Å². The molecular weight excluding hydrogens is 427 g/mol. The molecule has 0 spiro atoms. The van der Waals surface area contributed by atoms with E-state index in [-0.39, 0.29) is 18.1 Å². The number of methoxy groups -OCH3 is 1. The molecule has 8 heteroatoms. The summed E-state index contributed by atoms with van der Waals surface area (Å²) in [5, 5.41) is 0. The fourth-order valence-electron chi connectivity index (χ4n) is 4.08. The summed E-state index contributed by atoms with van der Waals surface area (Å²) in [5.74, 6) is -1.62. The van der Waals surface area contributed by atoms with Crippen molar-refractivity contribution in [3.63, 3.8) is 0 Å². The van der Waals surface area contributed by atoms with Crippen LogP contribution in [0, 0.1) is 19.7 Å². The molecule has 1 aromatic carbocycles. The number of benzene rings is 1. The number of nitrogens with zero attached hydrogens (tertiary/aromatic N) is 2. The minimum absolute atomic E-state index is 0.0726. The van der Waals surface area contributed by atoms with Crippen LogP contribution < -0.4 is 0 Å². The first-order chi connectivity index (χ1) is 15.7. The Bertz CT molecular complexity index is 1160. The minimum Gasteiger partial charge on any atom is -0.464 e. The van der Waals surface area contributed by atoms with E-state index in [9.17, 15) is 18.8 Å². The van der Waals surface area contributed by atoms with Crippen LogP contribution in [-0.2, 0) is 17.8 Å². The van der Waals surface area contributed by atoms with Crippen molar-refractivity contribution in [3.05, 3.63) is 82.3 Å². The fraction of sp³-hybridized carbons (Fsp3) is 0.320. The van der Waals surface area contributed by atoms with Crippen molar-refractivity contribution >= 4 is 17.7 Å². The Morgan fingerprint density at radius 3 is 2.36 bits per heavy atom. The molecular formula is C25H27FN2O5. The van der Waals surface area contributed by atoms with Gasteiger partial charge >= 0.3 is 5.97 Å². The van der Waals surface area contributed by atoms with Gasteiger partial charge in [0.1, 0.15) is 11.5 Å². The van der Waals surface area contributed by atoms with E-state index in [4.69, 9.17) is 9.15 Å². The van der Waals surface area contributed by atoms with Crippen molar-refractivity contribution in [1.29, 1.82) is 0 Å². The van der Waals surface area contributed by atoms with Gasteiger partial charge in [0.2, 0.25) is 0 Å². The number of hydrogen-bond donors (Lipinski definition) is 0. The summed E-state index contributed by atoms with van der Waals surface area (Å²) < 4.78 is 25.3. The Hall–Kier alpha value is -3.68. The van der Waals surface area contributed by atoms with Crippen molar-refractivity contribution in [3.8, 4) is 0 Å². The third-order valence-corrected chi connectivity index (χ3v) is 5.81. The predicted molar refractivity (Wildman–Crippen MR) is 120 cm³/mol. The summed E-state index contributed by atoms with van der Waals surface area (Å²) in [6.45, 7) is 7.52. The van der Waals surface area contributed by atoms with E-state index in [1.807, 2.05) is 6.92 Å². The molecule has 33 heavy (non-hydrogen) atoms. The van der Waals surface area contributed by atoms with E-state index in [2.05, 4.69) is 0 Å². The number of halogens is 1. The molecule has 0 aliphatic carbocycles. The molecule has 0 aliphatic rings. The Kier molecular flexibility index (Phi) is 7.16. The number of carbonyl (C=O) groups is 3. The zero-order chi connectivity index (χ0) is 24.3. The van der Waals surface area contributed by atoms with Crippen LogP contribution >= 0.6 is 0 Å². The molecule has 7 nitrogen and oxygen atoms in total. The minimum atomic E-state index is -0.886.